The first-order chi connectivity index (χ1) is 9.94. The molecule has 1 aromatic rings. The zero-order chi connectivity index (χ0) is 16.0. The van der Waals surface area contributed by atoms with Gasteiger partial charge in [0.2, 0.25) is 5.75 Å². The third kappa shape index (κ3) is 3.75. The molecule has 0 radical (unpaired) electrons. The van der Waals surface area contributed by atoms with Crippen molar-refractivity contribution < 1.29 is 28.6 Å². The van der Waals surface area contributed by atoms with Crippen LogP contribution < -0.4 is 30.8 Å². The van der Waals surface area contributed by atoms with E-state index >= 15 is 0 Å². The number of nitrogens with one attached hydrogen (secondary N) is 2. The first-order valence-corrected chi connectivity index (χ1v) is 5.64. The van der Waals surface area contributed by atoms with Crippen molar-refractivity contribution in [1.29, 1.82) is 0 Å². The molecule has 0 fully saturated rings. The number of hydrogen-bond donors (Lipinski definition) is 3. The number of carbonyl (C=O) groups is 3. The molecule has 1 aromatic carbocycles. The van der Waals surface area contributed by atoms with Gasteiger partial charge in [-0.05, 0) is 12.1 Å². The summed E-state index contributed by atoms with van der Waals surface area (Å²) < 4.78 is 15.3. The van der Waals surface area contributed by atoms with Gasteiger partial charge >= 0.3 is 11.8 Å². The van der Waals surface area contributed by atoms with Gasteiger partial charge in [-0.1, -0.05) is 0 Å². The van der Waals surface area contributed by atoms with Crippen LogP contribution in [0.4, 0.5) is 0 Å². The summed E-state index contributed by atoms with van der Waals surface area (Å²) in [7, 11) is 4.22. The molecule has 0 aliphatic rings. The molecule has 0 spiro atoms. The van der Waals surface area contributed by atoms with Gasteiger partial charge in [0.25, 0.3) is 5.91 Å². The summed E-state index contributed by atoms with van der Waals surface area (Å²) in [4.78, 5) is 33.4. The minimum absolute atomic E-state index is 0.120. The van der Waals surface area contributed by atoms with Crippen molar-refractivity contribution >= 4 is 17.7 Å². The molecule has 4 N–H and O–H groups in total. The van der Waals surface area contributed by atoms with E-state index < -0.39 is 17.7 Å². The highest BCUT2D eigenvalue weighted by Gasteiger charge is 2.18. The maximum atomic E-state index is 11.9. The molecular formula is C12H15N3O6. The number of hydrogen-bond acceptors (Lipinski definition) is 6. The Kier molecular flexibility index (Phi) is 5.35. The Morgan fingerprint density at radius 2 is 1.48 bits per heavy atom. The topological polar surface area (TPSA) is 129 Å². The Morgan fingerprint density at radius 1 is 0.952 bits per heavy atom. The van der Waals surface area contributed by atoms with Crippen LogP contribution in [0.15, 0.2) is 12.1 Å². The third-order valence-electron chi connectivity index (χ3n) is 2.44. The van der Waals surface area contributed by atoms with Crippen LogP contribution in [0.2, 0.25) is 0 Å². The standard InChI is InChI=1S/C12H15N3O6/c1-19-7-4-6(5-8(20-2)9(7)21-3)11(17)14-15-12(18)10(13)16/h4-5H,1-3H3,(H2,13,16)(H,14,17)(H,15,18). The van der Waals surface area contributed by atoms with Gasteiger partial charge in [-0.25, -0.2) is 0 Å². The summed E-state index contributed by atoms with van der Waals surface area (Å²) >= 11 is 0. The van der Waals surface area contributed by atoms with E-state index in [1.807, 2.05) is 10.9 Å². The van der Waals surface area contributed by atoms with Crippen LogP contribution in [-0.2, 0) is 9.59 Å². The molecule has 0 saturated carbocycles. The fraction of sp³-hybridized carbons (Fsp3) is 0.250. The van der Waals surface area contributed by atoms with E-state index in [9.17, 15) is 14.4 Å². The fourth-order valence-electron chi connectivity index (χ4n) is 1.46. The zero-order valence-electron chi connectivity index (χ0n) is 11.7. The summed E-state index contributed by atoms with van der Waals surface area (Å²) in [5, 5.41) is 0. The molecule has 0 unspecified atom stereocenters. The molecule has 0 bridgehead atoms. The van der Waals surface area contributed by atoms with Crippen molar-refractivity contribution in [2.75, 3.05) is 21.3 Å². The SMILES string of the molecule is COc1cc(C(=O)NNC(=O)C(N)=O)cc(OC)c1OC. The molecule has 9 heteroatoms. The van der Waals surface area contributed by atoms with Crippen molar-refractivity contribution in [2.24, 2.45) is 5.73 Å². The second-order valence-electron chi connectivity index (χ2n) is 3.69. The molecule has 21 heavy (non-hydrogen) atoms. The Labute approximate surface area is 120 Å². The van der Waals surface area contributed by atoms with Gasteiger partial charge in [-0.15, -0.1) is 0 Å². The molecule has 0 saturated heterocycles. The Hall–Kier alpha value is -2.97. The monoisotopic (exact) mass is 297 g/mol. The van der Waals surface area contributed by atoms with E-state index in [0.29, 0.717) is 5.75 Å². The number of methoxy groups -OCH3 is 3. The first kappa shape index (κ1) is 16.1. The summed E-state index contributed by atoms with van der Waals surface area (Å²) in [5.74, 6) is -2.20. The van der Waals surface area contributed by atoms with E-state index in [0.717, 1.165) is 0 Å². The van der Waals surface area contributed by atoms with E-state index in [-0.39, 0.29) is 17.1 Å². The van der Waals surface area contributed by atoms with Crippen LogP contribution in [0, 0.1) is 0 Å². The molecule has 1 rings (SSSR count). The van der Waals surface area contributed by atoms with Crippen LogP contribution in [0.25, 0.3) is 0 Å². The van der Waals surface area contributed by atoms with Gasteiger partial charge in [-0.3, -0.25) is 25.2 Å². The zero-order valence-corrected chi connectivity index (χ0v) is 11.7. The Bertz CT molecular complexity index is 547. The van der Waals surface area contributed by atoms with Crippen LogP contribution >= 0.6 is 0 Å². The minimum Gasteiger partial charge on any atom is -0.493 e. The summed E-state index contributed by atoms with van der Waals surface area (Å²) in [5.41, 5.74) is 8.74. The van der Waals surface area contributed by atoms with Crippen LogP contribution in [-0.4, -0.2) is 39.1 Å². The van der Waals surface area contributed by atoms with Crippen molar-refractivity contribution in [3.63, 3.8) is 0 Å². The van der Waals surface area contributed by atoms with Crippen molar-refractivity contribution in [3.8, 4) is 17.2 Å². The van der Waals surface area contributed by atoms with E-state index in [1.54, 1.807) is 0 Å². The average Bonchev–Trinajstić information content (AvgIpc) is 2.50. The highest BCUT2D eigenvalue weighted by atomic mass is 16.5. The summed E-state index contributed by atoms with van der Waals surface area (Å²) in [6.45, 7) is 0. The van der Waals surface area contributed by atoms with Gasteiger partial charge in [-0.2, -0.15) is 0 Å². The minimum atomic E-state index is -1.22. The molecule has 114 valence electrons. The van der Waals surface area contributed by atoms with Gasteiger partial charge in [0.05, 0.1) is 21.3 Å². The van der Waals surface area contributed by atoms with Gasteiger partial charge in [0.1, 0.15) is 0 Å². The maximum absolute atomic E-state index is 11.9. The molecule has 0 aliphatic heterocycles. The van der Waals surface area contributed by atoms with Crippen LogP contribution in [0.3, 0.4) is 0 Å². The number of rotatable bonds is 4. The summed E-state index contributed by atoms with van der Waals surface area (Å²) in [6, 6.07) is 2.76. The predicted molar refractivity (Wildman–Crippen MR) is 70.9 cm³/mol. The highest BCUT2D eigenvalue weighted by molar-refractivity contribution is 6.34. The van der Waals surface area contributed by atoms with Crippen molar-refractivity contribution in [3.05, 3.63) is 17.7 Å². The Morgan fingerprint density at radius 3 is 1.86 bits per heavy atom. The normalized spacial score (nSPS) is 9.48. The molecular weight excluding hydrogens is 282 g/mol. The second kappa shape index (κ2) is 6.98. The molecule has 0 aliphatic carbocycles. The van der Waals surface area contributed by atoms with Crippen molar-refractivity contribution in [2.45, 2.75) is 0 Å². The van der Waals surface area contributed by atoms with Gasteiger partial charge in [0.15, 0.2) is 11.5 Å². The highest BCUT2D eigenvalue weighted by Crippen LogP contribution is 2.38. The number of ether oxygens (including phenoxy) is 3. The smallest absolute Gasteiger partial charge is 0.327 e. The lowest BCUT2D eigenvalue weighted by atomic mass is 10.1. The lowest BCUT2D eigenvalue weighted by Gasteiger charge is -2.14. The number of benzene rings is 1. The summed E-state index contributed by atoms with van der Waals surface area (Å²) in [6.07, 6.45) is 0. The third-order valence-corrected chi connectivity index (χ3v) is 2.44. The maximum Gasteiger partial charge on any atom is 0.327 e. The largest absolute Gasteiger partial charge is 0.493 e. The first-order valence-electron chi connectivity index (χ1n) is 5.64. The van der Waals surface area contributed by atoms with Crippen molar-refractivity contribution in [1.82, 2.24) is 10.9 Å². The molecule has 0 heterocycles. The van der Waals surface area contributed by atoms with E-state index in [2.05, 4.69) is 0 Å². The fourth-order valence-corrected chi connectivity index (χ4v) is 1.46. The van der Waals surface area contributed by atoms with Crippen LogP contribution in [0.5, 0.6) is 17.2 Å². The molecule has 0 aromatic heterocycles. The lowest BCUT2D eigenvalue weighted by Crippen LogP contribution is -2.47. The van der Waals surface area contributed by atoms with Gasteiger partial charge in [0, 0.05) is 5.56 Å². The lowest BCUT2D eigenvalue weighted by molar-refractivity contribution is -0.137. The molecule has 3 amide bonds. The second-order valence-corrected chi connectivity index (χ2v) is 3.69. The predicted octanol–water partition coefficient (Wildman–Crippen LogP) is -1.04. The van der Waals surface area contributed by atoms with E-state index in [4.69, 9.17) is 19.9 Å². The molecule has 0 atom stereocenters. The van der Waals surface area contributed by atoms with Gasteiger partial charge < -0.3 is 19.9 Å². The number of hydrazine groups is 1. The number of amides is 3. The quantitative estimate of drug-likeness (QED) is 0.481. The number of nitrogens with two attached hydrogens (primary N) is 1. The van der Waals surface area contributed by atoms with Crippen LogP contribution in [0.1, 0.15) is 10.4 Å². The Balaban J connectivity index is 2.99. The number of primary amides is 1. The average molecular weight is 297 g/mol. The van der Waals surface area contributed by atoms with E-state index in [1.165, 1.54) is 33.5 Å². The number of carbonyl (C=O) groups excluding carboxylic acids is 3. The molecule has 9 nitrogen and oxygen atoms in total.